The lowest BCUT2D eigenvalue weighted by Crippen LogP contribution is -2.11. The van der Waals surface area contributed by atoms with Gasteiger partial charge in [0.25, 0.3) is 0 Å². The lowest BCUT2D eigenvalue weighted by Gasteiger charge is -1.98. The first-order chi connectivity index (χ1) is 7.78. The summed E-state index contributed by atoms with van der Waals surface area (Å²) in [5.41, 5.74) is 0. The number of hydrogen-bond donors (Lipinski definition) is 1. The summed E-state index contributed by atoms with van der Waals surface area (Å²) in [6.07, 6.45) is 3.01. The first-order valence-electron chi connectivity index (χ1n) is 5.16. The molecule has 5 heteroatoms. The number of halogens is 1. The van der Waals surface area contributed by atoms with Gasteiger partial charge in [-0.15, -0.1) is 11.3 Å². The first-order valence-corrected chi connectivity index (χ1v) is 6.77. The molecule has 0 saturated heterocycles. The number of aryl methyl sites for hydroxylation is 1. The molecule has 0 bridgehead atoms. The molecule has 2 aromatic heterocycles. The number of nitrogens with one attached hydrogen (secondary N) is 1. The summed E-state index contributed by atoms with van der Waals surface area (Å²) in [6, 6.07) is 3.85. The Balaban J connectivity index is 1.79. The van der Waals surface area contributed by atoms with E-state index in [0.29, 0.717) is 0 Å². The van der Waals surface area contributed by atoms with E-state index in [9.17, 15) is 0 Å². The van der Waals surface area contributed by atoms with Crippen molar-refractivity contribution in [3.8, 4) is 0 Å². The average Bonchev–Trinajstić information content (AvgIpc) is 2.88. The highest BCUT2D eigenvalue weighted by molar-refractivity contribution is 9.10. The van der Waals surface area contributed by atoms with E-state index in [1.807, 2.05) is 18.3 Å². The van der Waals surface area contributed by atoms with Crippen molar-refractivity contribution in [1.29, 1.82) is 0 Å². The summed E-state index contributed by atoms with van der Waals surface area (Å²) in [4.78, 5) is 5.67. The predicted octanol–water partition coefficient (Wildman–Crippen LogP) is 3.35. The van der Waals surface area contributed by atoms with Crippen molar-refractivity contribution >= 4 is 27.3 Å². The molecule has 16 heavy (non-hydrogen) atoms. The molecule has 0 unspecified atom stereocenters. The van der Waals surface area contributed by atoms with E-state index in [0.717, 1.165) is 34.9 Å². The highest BCUT2D eigenvalue weighted by Gasteiger charge is 2.02. The molecule has 0 aromatic carbocycles. The summed E-state index contributed by atoms with van der Waals surface area (Å²) in [6.45, 7) is 3.67. The Hall–Kier alpha value is -0.650. The molecule has 2 rings (SSSR count). The fourth-order valence-corrected chi connectivity index (χ4v) is 2.50. The fraction of sp³-hybridized carbons (Fsp3) is 0.364. The van der Waals surface area contributed by atoms with Gasteiger partial charge in [-0.1, -0.05) is 6.92 Å². The Morgan fingerprint density at radius 1 is 1.44 bits per heavy atom. The summed E-state index contributed by atoms with van der Waals surface area (Å²) in [5, 5.41) is 4.43. The molecule has 0 atom stereocenters. The molecular formula is C11H13BrN2OS. The lowest BCUT2D eigenvalue weighted by molar-refractivity contribution is 0.465. The van der Waals surface area contributed by atoms with Crippen LogP contribution < -0.4 is 5.32 Å². The lowest BCUT2D eigenvalue weighted by atomic mass is 10.4. The summed E-state index contributed by atoms with van der Waals surface area (Å²) < 4.78 is 6.16. The molecular weight excluding hydrogens is 288 g/mol. The summed E-state index contributed by atoms with van der Waals surface area (Å²) in [5.74, 6) is 0.930. The Kier molecular flexibility index (Phi) is 4.15. The SMILES string of the molecule is CCc1cnc(CNCc2ccc(Br)o2)s1. The van der Waals surface area contributed by atoms with Crippen LogP contribution in [0, 0.1) is 0 Å². The first kappa shape index (κ1) is 11.8. The van der Waals surface area contributed by atoms with Crippen LogP contribution >= 0.6 is 27.3 Å². The highest BCUT2D eigenvalue weighted by atomic mass is 79.9. The van der Waals surface area contributed by atoms with Gasteiger partial charge in [-0.2, -0.15) is 0 Å². The zero-order valence-corrected chi connectivity index (χ0v) is 11.4. The second-order valence-electron chi connectivity index (χ2n) is 3.38. The Morgan fingerprint density at radius 2 is 2.31 bits per heavy atom. The van der Waals surface area contributed by atoms with Crippen LogP contribution in [0.5, 0.6) is 0 Å². The van der Waals surface area contributed by atoms with Gasteiger partial charge in [0, 0.05) is 17.6 Å². The molecule has 86 valence electrons. The van der Waals surface area contributed by atoms with E-state index in [1.165, 1.54) is 4.88 Å². The largest absolute Gasteiger partial charge is 0.453 e. The predicted molar refractivity (Wildman–Crippen MR) is 68.4 cm³/mol. The Labute approximate surface area is 107 Å². The molecule has 2 aromatic rings. The van der Waals surface area contributed by atoms with Crippen LogP contribution in [-0.4, -0.2) is 4.98 Å². The van der Waals surface area contributed by atoms with Gasteiger partial charge in [-0.3, -0.25) is 0 Å². The van der Waals surface area contributed by atoms with Crippen LogP contribution in [0.3, 0.4) is 0 Å². The zero-order chi connectivity index (χ0) is 11.4. The van der Waals surface area contributed by atoms with Crippen LogP contribution in [0.15, 0.2) is 27.4 Å². The monoisotopic (exact) mass is 300 g/mol. The number of rotatable bonds is 5. The number of furan rings is 1. The normalized spacial score (nSPS) is 10.9. The average molecular weight is 301 g/mol. The van der Waals surface area contributed by atoms with Gasteiger partial charge in [-0.25, -0.2) is 4.98 Å². The molecule has 1 N–H and O–H groups in total. The minimum Gasteiger partial charge on any atom is -0.453 e. The molecule has 0 saturated carbocycles. The van der Waals surface area contributed by atoms with Gasteiger partial charge in [-0.05, 0) is 34.5 Å². The van der Waals surface area contributed by atoms with Crippen LogP contribution in [0.4, 0.5) is 0 Å². The van der Waals surface area contributed by atoms with Crippen molar-refractivity contribution in [2.24, 2.45) is 0 Å². The highest BCUT2D eigenvalue weighted by Crippen LogP contribution is 2.15. The second kappa shape index (κ2) is 5.61. The second-order valence-corrected chi connectivity index (χ2v) is 5.36. The summed E-state index contributed by atoms with van der Waals surface area (Å²) >= 11 is 5.04. The quantitative estimate of drug-likeness (QED) is 0.920. The number of nitrogens with zero attached hydrogens (tertiary/aromatic N) is 1. The van der Waals surface area contributed by atoms with Crippen molar-refractivity contribution in [1.82, 2.24) is 10.3 Å². The van der Waals surface area contributed by atoms with Crippen molar-refractivity contribution in [3.63, 3.8) is 0 Å². The molecule has 2 heterocycles. The van der Waals surface area contributed by atoms with Crippen molar-refractivity contribution in [3.05, 3.63) is 38.6 Å². The van der Waals surface area contributed by atoms with Crippen LogP contribution in [0.2, 0.25) is 0 Å². The number of aromatic nitrogens is 1. The molecule has 0 aliphatic heterocycles. The van der Waals surface area contributed by atoms with Crippen molar-refractivity contribution in [2.45, 2.75) is 26.4 Å². The van der Waals surface area contributed by atoms with E-state index >= 15 is 0 Å². The van der Waals surface area contributed by atoms with E-state index in [-0.39, 0.29) is 0 Å². The summed E-state index contributed by atoms with van der Waals surface area (Å²) in [7, 11) is 0. The number of hydrogen-bond acceptors (Lipinski definition) is 4. The van der Waals surface area contributed by atoms with E-state index in [4.69, 9.17) is 4.42 Å². The van der Waals surface area contributed by atoms with Crippen LogP contribution in [0.1, 0.15) is 22.6 Å². The third-order valence-electron chi connectivity index (χ3n) is 2.15. The topological polar surface area (TPSA) is 38.1 Å². The standard InChI is InChI=1S/C11H13BrN2OS/c1-2-9-6-14-11(16-9)7-13-5-8-3-4-10(12)15-8/h3-4,6,13H,2,5,7H2,1H3. The molecule has 0 radical (unpaired) electrons. The third kappa shape index (κ3) is 3.17. The van der Waals surface area contributed by atoms with Gasteiger partial charge in [0.05, 0.1) is 6.54 Å². The van der Waals surface area contributed by atoms with E-state index in [2.05, 4.69) is 33.2 Å². The van der Waals surface area contributed by atoms with Crippen LogP contribution in [0.25, 0.3) is 0 Å². The third-order valence-corrected chi connectivity index (χ3v) is 3.72. The molecule has 0 amide bonds. The van der Waals surface area contributed by atoms with Crippen molar-refractivity contribution < 1.29 is 4.42 Å². The molecule has 0 aliphatic carbocycles. The molecule has 0 aliphatic rings. The minimum atomic E-state index is 0.729. The minimum absolute atomic E-state index is 0.729. The van der Waals surface area contributed by atoms with Gasteiger partial charge in [0.2, 0.25) is 0 Å². The Bertz CT molecular complexity index is 452. The maximum absolute atomic E-state index is 5.38. The molecule has 0 fully saturated rings. The van der Waals surface area contributed by atoms with Gasteiger partial charge < -0.3 is 9.73 Å². The zero-order valence-electron chi connectivity index (χ0n) is 9.00. The maximum Gasteiger partial charge on any atom is 0.169 e. The maximum atomic E-state index is 5.38. The van der Waals surface area contributed by atoms with Gasteiger partial charge in [0.1, 0.15) is 10.8 Å². The van der Waals surface area contributed by atoms with Gasteiger partial charge >= 0.3 is 0 Å². The van der Waals surface area contributed by atoms with E-state index in [1.54, 1.807) is 11.3 Å². The number of thiazole rings is 1. The fourth-order valence-electron chi connectivity index (χ4n) is 1.33. The Morgan fingerprint density at radius 3 is 2.94 bits per heavy atom. The smallest absolute Gasteiger partial charge is 0.169 e. The van der Waals surface area contributed by atoms with E-state index < -0.39 is 0 Å². The van der Waals surface area contributed by atoms with Crippen molar-refractivity contribution in [2.75, 3.05) is 0 Å². The molecule has 0 spiro atoms. The van der Waals surface area contributed by atoms with Crippen LogP contribution in [-0.2, 0) is 19.5 Å². The molecule has 3 nitrogen and oxygen atoms in total. The van der Waals surface area contributed by atoms with Gasteiger partial charge in [0.15, 0.2) is 4.67 Å².